The second-order valence-electron chi connectivity index (χ2n) is 4.75. The highest BCUT2D eigenvalue weighted by Crippen LogP contribution is 2.17. The van der Waals surface area contributed by atoms with Crippen molar-refractivity contribution >= 4 is 17.1 Å². The average molecular weight is 301 g/mol. The van der Waals surface area contributed by atoms with E-state index < -0.39 is 11.7 Å². The lowest BCUT2D eigenvalue weighted by Crippen LogP contribution is -2.14. The van der Waals surface area contributed by atoms with Crippen molar-refractivity contribution in [2.75, 3.05) is 7.11 Å². The highest BCUT2D eigenvalue weighted by Gasteiger charge is 2.13. The van der Waals surface area contributed by atoms with Gasteiger partial charge < -0.3 is 9.15 Å². The summed E-state index contributed by atoms with van der Waals surface area (Å²) >= 11 is 0. The van der Waals surface area contributed by atoms with Crippen molar-refractivity contribution in [3.05, 3.63) is 70.0 Å². The Balaban J connectivity index is 2.03. The third-order valence-corrected chi connectivity index (χ3v) is 3.34. The first-order valence-corrected chi connectivity index (χ1v) is 6.54. The monoisotopic (exact) mass is 301 g/mol. The molecule has 3 aromatic rings. The number of halogens is 1. The summed E-state index contributed by atoms with van der Waals surface area (Å²) in [7, 11) is 1.28. The summed E-state index contributed by atoms with van der Waals surface area (Å²) in [6, 6.07) is 10.5. The van der Waals surface area contributed by atoms with Crippen molar-refractivity contribution < 1.29 is 18.3 Å². The number of hydrogen-bond donors (Lipinski definition) is 0. The van der Waals surface area contributed by atoms with Gasteiger partial charge in [0, 0.05) is 0 Å². The fraction of sp³-hybridized carbons (Fsp3) is 0.125. The van der Waals surface area contributed by atoms with Crippen LogP contribution in [0.3, 0.4) is 0 Å². The van der Waals surface area contributed by atoms with Gasteiger partial charge in [-0.25, -0.2) is 14.0 Å². The van der Waals surface area contributed by atoms with E-state index >= 15 is 0 Å². The molecule has 0 bridgehead atoms. The number of benzene rings is 2. The first kappa shape index (κ1) is 14.1. The molecule has 0 radical (unpaired) electrons. The van der Waals surface area contributed by atoms with Gasteiger partial charge in [-0.2, -0.15) is 0 Å². The van der Waals surface area contributed by atoms with E-state index in [2.05, 4.69) is 4.74 Å². The number of carbonyl (C=O) groups excluding carboxylic acids is 1. The van der Waals surface area contributed by atoms with Crippen LogP contribution in [0.4, 0.5) is 4.39 Å². The minimum atomic E-state index is -0.540. The van der Waals surface area contributed by atoms with Crippen LogP contribution in [0.15, 0.2) is 51.7 Å². The first-order valence-electron chi connectivity index (χ1n) is 6.54. The number of esters is 1. The highest BCUT2D eigenvalue weighted by molar-refractivity contribution is 5.93. The zero-order valence-electron chi connectivity index (χ0n) is 11.7. The lowest BCUT2D eigenvalue weighted by atomic mass is 10.2. The van der Waals surface area contributed by atoms with Gasteiger partial charge in [0.1, 0.15) is 5.82 Å². The summed E-state index contributed by atoms with van der Waals surface area (Å²) in [5.41, 5.74) is 1.93. The largest absolute Gasteiger partial charge is 0.465 e. The van der Waals surface area contributed by atoms with E-state index in [1.165, 1.54) is 29.9 Å². The van der Waals surface area contributed by atoms with E-state index in [1.54, 1.807) is 24.3 Å². The molecule has 3 rings (SSSR count). The van der Waals surface area contributed by atoms with Crippen LogP contribution in [0.5, 0.6) is 0 Å². The van der Waals surface area contributed by atoms with Crippen LogP contribution >= 0.6 is 0 Å². The number of hydrogen-bond acceptors (Lipinski definition) is 4. The molecule has 0 N–H and O–H groups in total. The molecule has 0 aliphatic heterocycles. The Labute approximate surface area is 124 Å². The smallest absolute Gasteiger partial charge is 0.420 e. The molecule has 2 aromatic carbocycles. The van der Waals surface area contributed by atoms with Gasteiger partial charge in [-0.15, -0.1) is 0 Å². The van der Waals surface area contributed by atoms with Crippen LogP contribution in [0.2, 0.25) is 0 Å². The molecule has 112 valence electrons. The topological polar surface area (TPSA) is 61.4 Å². The van der Waals surface area contributed by atoms with Crippen LogP contribution in [0.1, 0.15) is 15.9 Å². The van der Waals surface area contributed by atoms with Crippen molar-refractivity contribution in [1.29, 1.82) is 0 Å². The van der Waals surface area contributed by atoms with Crippen molar-refractivity contribution in [2.24, 2.45) is 0 Å². The van der Waals surface area contributed by atoms with Gasteiger partial charge in [0.2, 0.25) is 0 Å². The van der Waals surface area contributed by atoms with Gasteiger partial charge in [0.05, 0.1) is 24.7 Å². The Kier molecular flexibility index (Phi) is 3.50. The third kappa shape index (κ3) is 2.50. The molecule has 0 fully saturated rings. The lowest BCUT2D eigenvalue weighted by Gasteiger charge is -2.03. The zero-order valence-corrected chi connectivity index (χ0v) is 11.7. The molecule has 5 nitrogen and oxygen atoms in total. The van der Waals surface area contributed by atoms with Crippen LogP contribution in [-0.4, -0.2) is 17.6 Å². The molecule has 22 heavy (non-hydrogen) atoms. The molecule has 1 aromatic heterocycles. The summed E-state index contributed by atoms with van der Waals surface area (Å²) < 4.78 is 24.1. The molecule has 0 aliphatic rings. The van der Waals surface area contributed by atoms with Crippen molar-refractivity contribution in [3.63, 3.8) is 0 Å². The normalized spacial score (nSPS) is 10.8. The number of methoxy groups -OCH3 is 1. The Bertz CT molecular complexity index is 893. The Hall–Kier alpha value is -2.89. The number of rotatable bonds is 3. The van der Waals surface area contributed by atoms with Gasteiger partial charge in [0.25, 0.3) is 0 Å². The minimum absolute atomic E-state index is 0.254. The molecule has 0 saturated carbocycles. The second kappa shape index (κ2) is 5.48. The fourth-order valence-corrected chi connectivity index (χ4v) is 2.23. The molecule has 0 amide bonds. The summed E-state index contributed by atoms with van der Waals surface area (Å²) in [6.45, 7) is 0.254. The number of aromatic nitrogens is 1. The summed E-state index contributed by atoms with van der Waals surface area (Å²) in [5.74, 6) is -1.38. The van der Waals surface area contributed by atoms with Crippen LogP contribution < -0.4 is 5.76 Å². The number of ether oxygens (including phenoxy) is 1. The van der Waals surface area contributed by atoms with Gasteiger partial charge >= 0.3 is 11.7 Å². The second-order valence-corrected chi connectivity index (χ2v) is 4.75. The quantitative estimate of drug-likeness (QED) is 0.698. The van der Waals surface area contributed by atoms with E-state index in [9.17, 15) is 14.0 Å². The minimum Gasteiger partial charge on any atom is -0.465 e. The Morgan fingerprint density at radius 3 is 2.64 bits per heavy atom. The van der Waals surface area contributed by atoms with Crippen molar-refractivity contribution in [3.8, 4) is 0 Å². The maximum Gasteiger partial charge on any atom is 0.420 e. The predicted octanol–water partition coefficient (Wildman–Crippen LogP) is 2.57. The fourth-order valence-electron chi connectivity index (χ4n) is 2.23. The van der Waals surface area contributed by atoms with Gasteiger partial charge in [-0.3, -0.25) is 4.57 Å². The molecule has 1 heterocycles. The SMILES string of the molecule is COC(=O)c1ccc2c(c1)oc(=O)n2Cc1ccc(F)cc1. The van der Waals surface area contributed by atoms with E-state index in [-0.39, 0.29) is 12.4 Å². The number of fused-ring (bicyclic) bond motifs is 1. The maximum absolute atomic E-state index is 12.9. The molecular formula is C16H12FNO4. The van der Waals surface area contributed by atoms with Gasteiger partial charge in [-0.1, -0.05) is 12.1 Å². The first-order chi connectivity index (χ1) is 10.6. The van der Waals surface area contributed by atoms with E-state index in [0.717, 1.165) is 5.56 Å². The van der Waals surface area contributed by atoms with Crippen LogP contribution in [0, 0.1) is 5.82 Å². The molecule has 0 saturated heterocycles. The van der Waals surface area contributed by atoms with Gasteiger partial charge in [-0.05, 0) is 35.9 Å². The Morgan fingerprint density at radius 2 is 1.95 bits per heavy atom. The summed E-state index contributed by atoms with van der Waals surface area (Å²) in [5, 5.41) is 0. The maximum atomic E-state index is 12.9. The zero-order chi connectivity index (χ0) is 15.7. The van der Waals surface area contributed by atoms with Crippen molar-refractivity contribution in [1.82, 2.24) is 4.57 Å². The van der Waals surface area contributed by atoms with Crippen molar-refractivity contribution in [2.45, 2.75) is 6.54 Å². The van der Waals surface area contributed by atoms with Crippen LogP contribution in [-0.2, 0) is 11.3 Å². The number of oxazole rings is 1. The molecule has 6 heteroatoms. The number of nitrogens with zero attached hydrogens (tertiary/aromatic N) is 1. The van der Waals surface area contributed by atoms with E-state index in [4.69, 9.17) is 4.42 Å². The molecular weight excluding hydrogens is 289 g/mol. The lowest BCUT2D eigenvalue weighted by molar-refractivity contribution is 0.0601. The molecule has 0 spiro atoms. The highest BCUT2D eigenvalue weighted by atomic mass is 19.1. The van der Waals surface area contributed by atoms with Gasteiger partial charge in [0.15, 0.2) is 5.58 Å². The molecule has 0 aliphatic carbocycles. The number of carbonyl (C=O) groups is 1. The molecule has 0 atom stereocenters. The summed E-state index contributed by atoms with van der Waals surface area (Å²) in [6.07, 6.45) is 0. The van der Waals surface area contributed by atoms with Crippen LogP contribution in [0.25, 0.3) is 11.1 Å². The predicted molar refractivity (Wildman–Crippen MR) is 77.3 cm³/mol. The molecule has 0 unspecified atom stereocenters. The summed E-state index contributed by atoms with van der Waals surface area (Å²) in [4.78, 5) is 23.5. The van der Waals surface area contributed by atoms with E-state index in [0.29, 0.717) is 16.7 Å². The Morgan fingerprint density at radius 1 is 1.23 bits per heavy atom. The average Bonchev–Trinajstić information content (AvgIpc) is 2.83. The third-order valence-electron chi connectivity index (χ3n) is 3.34. The van der Waals surface area contributed by atoms with E-state index in [1.807, 2.05) is 0 Å². The standard InChI is InChI=1S/C16H12FNO4/c1-21-15(19)11-4-7-13-14(8-11)22-16(20)18(13)9-10-2-5-12(17)6-3-10/h2-8H,9H2,1H3.